The van der Waals surface area contributed by atoms with Crippen molar-refractivity contribution >= 4 is 11.9 Å². The third kappa shape index (κ3) is 1.34. The van der Waals surface area contributed by atoms with Crippen molar-refractivity contribution in [3.8, 4) is 0 Å². The van der Waals surface area contributed by atoms with E-state index in [0.717, 1.165) is 37.0 Å². The van der Waals surface area contributed by atoms with Crippen LogP contribution in [0.5, 0.6) is 0 Å². The zero-order valence-electron chi connectivity index (χ0n) is 11.1. The summed E-state index contributed by atoms with van der Waals surface area (Å²) in [6.45, 7) is 0.219. The van der Waals surface area contributed by atoms with E-state index in [1.54, 1.807) is 0 Å². The lowest BCUT2D eigenvalue weighted by Crippen LogP contribution is -2.69. The summed E-state index contributed by atoms with van der Waals surface area (Å²) in [5.41, 5.74) is 5.03. The minimum atomic E-state index is -0.847. The molecule has 1 aliphatic heterocycles. The summed E-state index contributed by atoms with van der Waals surface area (Å²) < 4.78 is 0. The molecule has 4 bridgehead atoms. The van der Waals surface area contributed by atoms with E-state index in [9.17, 15) is 9.59 Å². The summed E-state index contributed by atoms with van der Waals surface area (Å²) in [5, 5.41) is 5.31. The van der Waals surface area contributed by atoms with Gasteiger partial charge in [-0.15, -0.1) is 0 Å². The Balaban J connectivity index is 1.77. The Hall–Kier alpha value is -1.10. The second-order valence-corrected chi connectivity index (χ2v) is 7.22. The van der Waals surface area contributed by atoms with Crippen LogP contribution >= 0.6 is 0 Å². The van der Waals surface area contributed by atoms with E-state index < -0.39 is 5.54 Å². The van der Waals surface area contributed by atoms with Gasteiger partial charge in [-0.1, -0.05) is 0 Å². The van der Waals surface area contributed by atoms with Crippen LogP contribution in [0.15, 0.2) is 0 Å². The maximum atomic E-state index is 12.4. The molecule has 19 heavy (non-hydrogen) atoms. The first-order valence-electron chi connectivity index (χ1n) is 7.40. The normalized spacial score (nSPS) is 51.3. The second kappa shape index (κ2) is 3.51. The molecule has 1 atom stereocenters. The topological polar surface area (TPSA) is 84.2 Å². The van der Waals surface area contributed by atoms with Crippen molar-refractivity contribution in [2.45, 2.75) is 44.1 Å². The number of hydrogen-bond donors (Lipinski definition) is 3. The smallest absolute Gasteiger partial charge is 0.322 e. The Morgan fingerprint density at radius 1 is 1.05 bits per heavy atom. The summed E-state index contributed by atoms with van der Waals surface area (Å²) in [7, 11) is 0. The zero-order valence-corrected chi connectivity index (χ0v) is 11.1. The van der Waals surface area contributed by atoms with Gasteiger partial charge in [0.2, 0.25) is 0 Å². The van der Waals surface area contributed by atoms with Gasteiger partial charge in [0.1, 0.15) is 5.54 Å². The third-order valence-corrected chi connectivity index (χ3v) is 6.19. The number of carbonyl (C=O) groups is 2. The van der Waals surface area contributed by atoms with Crippen molar-refractivity contribution in [1.82, 2.24) is 10.6 Å². The molecule has 5 nitrogen and oxygen atoms in total. The van der Waals surface area contributed by atoms with Gasteiger partial charge in [0.25, 0.3) is 5.91 Å². The van der Waals surface area contributed by atoms with E-state index in [4.69, 9.17) is 5.73 Å². The number of carbonyl (C=O) groups excluding carboxylic acids is 2. The highest BCUT2D eigenvalue weighted by Crippen LogP contribution is 2.63. The van der Waals surface area contributed by atoms with Gasteiger partial charge in [-0.05, 0) is 56.3 Å². The zero-order chi connectivity index (χ0) is 13.3. The lowest BCUT2D eigenvalue weighted by atomic mass is 9.44. The number of rotatable bonds is 2. The molecule has 1 saturated heterocycles. The van der Waals surface area contributed by atoms with Crippen LogP contribution in [0.1, 0.15) is 38.5 Å². The van der Waals surface area contributed by atoms with Crippen molar-refractivity contribution in [1.29, 1.82) is 0 Å². The van der Waals surface area contributed by atoms with Gasteiger partial charge in [0.15, 0.2) is 0 Å². The largest absolute Gasteiger partial charge is 0.328 e. The molecular formula is C14H21N3O2. The molecule has 104 valence electrons. The van der Waals surface area contributed by atoms with Crippen LogP contribution in [0.2, 0.25) is 0 Å². The van der Waals surface area contributed by atoms with Crippen LogP contribution in [-0.4, -0.2) is 24.0 Å². The molecule has 1 heterocycles. The first-order chi connectivity index (χ1) is 9.07. The molecule has 5 heteroatoms. The summed E-state index contributed by atoms with van der Waals surface area (Å²) in [6, 6.07) is -0.369. The van der Waals surface area contributed by atoms with E-state index in [0.29, 0.717) is 0 Å². The molecule has 3 amide bonds. The highest BCUT2D eigenvalue weighted by Gasteiger charge is 2.65. The fourth-order valence-corrected chi connectivity index (χ4v) is 5.86. The van der Waals surface area contributed by atoms with Gasteiger partial charge < -0.3 is 11.1 Å². The van der Waals surface area contributed by atoms with Gasteiger partial charge >= 0.3 is 6.03 Å². The van der Waals surface area contributed by atoms with Crippen LogP contribution in [-0.2, 0) is 4.79 Å². The van der Waals surface area contributed by atoms with Crippen molar-refractivity contribution < 1.29 is 9.59 Å². The van der Waals surface area contributed by atoms with E-state index in [1.165, 1.54) is 19.3 Å². The maximum Gasteiger partial charge on any atom is 0.322 e. The average molecular weight is 263 g/mol. The number of nitrogens with one attached hydrogen (secondary N) is 2. The molecule has 1 unspecified atom stereocenters. The third-order valence-electron chi connectivity index (χ3n) is 6.19. The van der Waals surface area contributed by atoms with Gasteiger partial charge in [-0.3, -0.25) is 10.1 Å². The fraction of sp³-hybridized carbons (Fsp3) is 0.857. The number of urea groups is 1. The SMILES string of the molecule is NCC1(C23CC4CC(CC(C4)C2)C3)NC(=O)NC1=O. The van der Waals surface area contributed by atoms with Crippen LogP contribution in [0, 0.1) is 23.2 Å². The predicted molar refractivity (Wildman–Crippen MR) is 69.1 cm³/mol. The van der Waals surface area contributed by atoms with E-state index >= 15 is 0 Å². The molecule has 5 rings (SSSR count). The lowest BCUT2D eigenvalue weighted by molar-refractivity contribution is -0.142. The molecule has 0 aromatic carbocycles. The van der Waals surface area contributed by atoms with Crippen LogP contribution in [0.25, 0.3) is 0 Å². The highest BCUT2D eigenvalue weighted by molar-refractivity contribution is 6.07. The summed E-state index contributed by atoms with van der Waals surface area (Å²) >= 11 is 0. The second-order valence-electron chi connectivity index (χ2n) is 7.22. The van der Waals surface area contributed by atoms with Crippen LogP contribution < -0.4 is 16.4 Å². The van der Waals surface area contributed by atoms with Crippen molar-refractivity contribution in [2.75, 3.05) is 6.54 Å². The molecule has 5 fully saturated rings. The first kappa shape index (κ1) is 11.7. The Morgan fingerprint density at radius 3 is 1.95 bits per heavy atom. The highest BCUT2D eigenvalue weighted by atomic mass is 16.2. The summed E-state index contributed by atoms with van der Waals surface area (Å²) in [4.78, 5) is 24.0. The van der Waals surface area contributed by atoms with Gasteiger partial charge in [0.05, 0.1) is 0 Å². The maximum absolute atomic E-state index is 12.4. The number of nitrogens with two attached hydrogens (primary N) is 1. The quantitative estimate of drug-likeness (QED) is 0.642. The molecule has 0 spiro atoms. The minimum absolute atomic E-state index is 0.0905. The van der Waals surface area contributed by atoms with Crippen molar-refractivity contribution in [3.05, 3.63) is 0 Å². The molecular weight excluding hydrogens is 242 g/mol. The monoisotopic (exact) mass is 263 g/mol. The number of amides is 3. The predicted octanol–water partition coefficient (Wildman–Crippen LogP) is 0.740. The standard InChI is InChI=1S/C14H21N3O2/c15-7-14(11(18)16-12(19)17-14)13-4-8-1-9(5-13)3-10(2-8)6-13/h8-10H,1-7,15H2,(H2,16,17,18,19). The van der Waals surface area contributed by atoms with Crippen molar-refractivity contribution in [3.63, 3.8) is 0 Å². The number of imide groups is 1. The Bertz CT molecular complexity index is 426. The molecule has 0 aromatic heterocycles. The first-order valence-corrected chi connectivity index (χ1v) is 7.40. The summed E-state index contributed by atoms with van der Waals surface area (Å²) in [5.74, 6) is 2.02. The molecule has 0 radical (unpaired) electrons. The van der Waals surface area contributed by atoms with Crippen molar-refractivity contribution in [2.24, 2.45) is 28.9 Å². The Morgan fingerprint density at radius 2 is 1.58 bits per heavy atom. The van der Waals surface area contributed by atoms with Gasteiger partial charge in [-0.25, -0.2) is 4.79 Å². The van der Waals surface area contributed by atoms with E-state index in [-0.39, 0.29) is 23.9 Å². The molecule has 0 aromatic rings. The Labute approximate surface area is 112 Å². The summed E-state index contributed by atoms with van der Waals surface area (Å²) in [6.07, 6.45) is 7.12. The van der Waals surface area contributed by atoms with E-state index in [1.807, 2.05) is 0 Å². The van der Waals surface area contributed by atoms with Crippen LogP contribution in [0.4, 0.5) is 4.79 Å². The molecule has 4 N–H and O–H groups in total. The molecule has 5 aliphatic rings. The van der Waals surface area contributed by atoms with Gasteiger partial charge in [0, 0.05) is 12.0 Å². The molecule has 4 aliphatic carbocycles. The van der Waals surface area contributed by atoms with Gasteiger partial charge in [-0.2, -0.15) is 0 Å². The Kier molecular flexibility index (Phi) is 2.16. The lowest BCUT2D eigenvalue weighted by Gasteiger charge is -2.61. The molecule has 4 saturated carbocycles. The van der Waals surface area contributed by atoms with E-state index in [2.05, 4.69) is 10.6 Å². The minimum Gasteiger partial charge on any atom is -0.328 e. The fourth-order valence-electron chi connectivity index (χ4n) is 5.86. The average Bonchev–Trinajstić information content (AvgIpc) is 2.63. The number of hydrogen-bond acceptors (Lipinski definition) is 3. The van der Waals surface area contributed by atoms with Crippen LogP contribution in [0.3, 0.4) is 0 Å².